The van der Waals surface area contributed by atoms with Crippen LogP contribution in [-0.4, -0.2) is 28.5 Å². The third-order valence-corrected chi connectivity index (χ3v) is 6.56. The van der Waals surface area contributed by atoms with Crippen molar-refractivity contribution in [2.45, 2.75) is 71.1 Å². The van der Waals surface area contributed by atoms with Crippen molar-refractivity contribution in [1.29, 1.82) is 0 Å². The highest BCUT2D eigenvalue weighted by Gasteiger charge is 2.52. The average molecular weight is 504 g/mol. The molecule has 5 nitrogen and oxygen atoms in total. The molecule has 2 amide bonds. The Morgan fingerprint density at radius 2 is 1.76 bits per heavy atom. The molecule has 0 spiro atoms. The van der Waals surface area contributed by atoms with Gasteiger partial charge < -0.3 is 9.47 Å². The first kappa shape index (κ1) is 28.1. The summed E-state index contributed by atoms with van der Waals surface area (Å²) >= 11 is 0. The molecule has 1 saturated carbocycles. The number of cyclic esters (lactones) is 1. The zero-order chi connectivity index (χ0) is 22.9. The lowest BCUT2D eigenvalue weighted by Gasteiger charge is -2.31. The van der Waals surface area contributed by atoms with E-state index in [1.54, 1.807) is 0 Å². The summed E-state index contributed by atoms with van der Waals surface area (Å²) in [6, 6.07) is 17.9. The monoisotopic (exact) mass is 503 g/mol. The number of carbonyl (C=O) groups excluding carboxylic acids is 2. The van der Waals surface area contributed by atoms with E-state index >= 15 is 0 Å². The lowest BCUT2D eigenvalue weighted by Crippen LogP contribution is -2.48. The van der Waals surface area contributed by atoms with Gasteiger partial charge in [0.05, 0.1) is 6.04 Å². The van der Waals surface area contributed by atoms with Gasteiger partial charge in [0.1, 0.15) is 18.0 Å². The second-order valence-electron chi connectivity index (χ2n) is 9.92. The second-order valence-corrected chi connectivity index (χ2v) is 9.92. The van der Waals surface area contributed by atoms with Gasteiger partial charge in [-0.3, -0.25) is 4.79 Å². The van der Waals surface area contributed by atoms with Crippen molar-refractivity contribution >= 4 is 39.0 Å². The summed E-state index contributed by atoms with van der Waals surface area (Å²) in [7, 11) is 0. The zero-order valence-corrected chi connectivity index (χ0v) is 22.4. The molecule has 34 heavy (non-hydrogen) atoms. The van der Waals surface area contributed by atoms with Gasteiger partial charge in [0.15, 0.2) is 0 Å². The van der Waals surface area contributed by atoms with Crippen LogP contribution in [0.2, 0.25) is 0 Å². The molecule has 0 radical (unpaired) electrons. The van der Waals surface area contributed by atoms with Crippen LogP contribution in [0.25, 0.3) is 0 Å². The molecule has 1 aliphatic carbocycles. The van der Waals surface area contributed by atoms with E-state index in [0.29, 0.717) is 18.9 Å². The van der Waals surface area contributed by atoms with Crippen LogP contribution in [0.5, 0.6) is 5.75 Å². The minimum Gasteiger partial charge on any atom is -0.489 e. The van der Waals surface area contributed by atoms with Gasteiger partial charge in [-0.2, -0.15) is 27.0 Å². The molecule has 2 aromatic rings. The molecule has 0 bridgehead atoms. The van der Waals surface area contributed by atoms with E-state index in [-0.39, 0.29) is 50.8 Å². The quantitative estimate of drug-likeness (QED) is 0.433. The summed E-state index contributed by atoms with van der Waals surface area (Å²) in [5, 5.41) is 0. The molecule has 0 aromatic heterocycles. The molecule has 2 fully saturated rings. The standard InChI is InChI=1S/C27H33NO4.2H2S/c1-18(2)25-27(3,4)32-26(30)28(25)24(29)16-23(20-13-14-20)21-11-8-12-22(15-21)31-17-19-9-6-5-7-10-19;;/h5-12,15,18,20,23,25H,13-14,16-17H2,1-4H3;2*1H2/t23-,25-;;/m0../s1. The number of hydrogen-bond donors (Lipinski definition) is 0. The number of imide groups is 1. The van der Waals surface area contributed by atoms with Crippen LogP contribution in [0.1, 0.15) is 64.0 Å². The molecule has 1 heterocycles. The van der Waals surface area contributed by atoms with Crippen LogP contribution < -0.4 is 4.74 Å². The first-order valence-corrected chi connectivity index (χ1v) is 11.6. The Kier molecular flexibility index (Phi) is 9.54. The summed E-state index contributed by atoms with van der Waals surface area (Å²) in [6.07, 6.45) is 2.00. The molecule has 2 atom stereocenters. The average Bonchev–Trinajstić information content (AvgIpc) is 3.55. The molecule has 0 unspecified atom stereocenters. The van der Waals surface area contributed by atoms with E-state index in [0.717, 1.165) is 29.7 Å². The third kappa shape index (κ3) is 6.30. The normalized spacial score (nSPS) is 19.6. The molecular weight excluding hydrogens is 466 g/mol. The third-order valence-electron chi connectivity index (χ3n) is 6.56. The summed E-state index contributed by atoms with van der Waals surface area (Å²) in [6.45, 7) is 8.33. The van der Waals surface area contributed by atoms with E-state index in [2.05, 4.69) is 6.07 Å². The minimum absolute atomic E-state index is 0. The molecule has 7 heteroatoms. The van der Waals surface area contributed by atoms with Crippen molar-refractivity contribution in [1.82, 2.24) is 4.90 Å². The molecule has 4 rings (SSSR count). The predicted molar refractivity (Wildman–Crippen MR) is 144 cm³/mol. The summed E-state index contributed by atoms with van der Waals surface area (Å²) in [4.78, 5) is 27.3. The van der Waals surface area contributed by atoms with Crippen LogP contribution in [0.4, 0.5) is 4.79 Å². The summed E-state index contributed by atoms with van der Waals surface area (Å²) < 4.78 is 11.6. The van der Waals surface area contributed by atoms with E-state index in [9.17, 15) is 9.59 Å². The Bertz CT molecular complexity index is 976. The first-order valence-electron chi connectivity index (χ1n) is 11.6. The highest BCUT2D eigenvalue weighted by atomic mass is 32.1. The number of amides is 2. The van der Waals surface area contributed by atoms with Crippen LogP contribution >= 0.6 is 27.0 Å². The Morgan fingerprint density at radius 1 is 1.09 bits per heavy atom. The van der Waals surface area contributed by atoms with Gasteiger partial charge >= 0.3 is 6.09 Å². The fourth-order valence-corrected chi connectivity index (χ4v) is 5.03. The van der Waals surface area contributed by atoms with Crippen LogP contribution in [0.3, 0.4) is 0 Å². The fraction of sp³-hybridized carbons (Fsp3) is 0.481. The molecule has 1 saturated heterocycles. The Labute approximate surface area is 217 Å². The number of carbonyl (C=O) groups is 2. The molecular formula is C27H37NO4S2. The van der Waals surface area contributed by atoms with Gasteiger partial charge in [-0.15, -0.1) is 0 Å². The number of rotatable bonds is 8. The van der Waals surface area contributed by atoms with Gasteiger partial charge in [-0.05, 0) is 67.7 Å². The van der Waals surface area contributed by atoms with Crippen LogP contribution in [-0.2, 0) is 16.1 Å². The number of nitrogens with zero attached hydrogens (tertiary/aromatic N) is 1. The lowest BCUT2D eigenvalue weighted by atomic mass is 9.87. The van der Waals surface area contributed by atoms with Gasteiger partial charge in [0.2, 0.25) is 5.91 Å². The first-order chi connectivity index (χ1) is 15.3. The summed E-state index contributed by atoms with van der Waals surface area (Å²) in [5.74, 6) is 1.31. The van der Waals surface area contributed by atoms with Crippen LogP contribution in [0.15, 0.2) is 54.6 Å². The highest BCUT2D eigenvalue weighted by molar-refractivity contribution is 7.59. The van der Waals surface area contributed by atoms with Gasteiger partial charge in [0.25, 0.3) is 0 Å². The van der Waals surface area contributed by atoms with Crippen molar-refractivity contribution in [3.05, 3.63) is 65.7 Å². The number of ether oxygens (including phenoxy) is 2. The molecule has 1 aliphatic heterocycles. The highest BCUT2D eigenvalue weighted by Crippen LogP contribution is 2.46. The van der Waals surface area contributed by atoms with Gasteiger partial charge in [-0.1, -0.05) is 56.3 Å². The maximum Gasteiger partial charge on any atom is 0.417 e. The van der Waals surface area contributed by atoms with Crippen molar-refractivity contribution in [2.75, 3.05) is 0 Å². The Balaban J connectivity index is 0.00000204. The lowest BCUT2D eigenvalue weighted by molar-refractivity contribution is -0.131. The van der Waals surface area contributed by atoms with Crippen LogP contribution in [0, 0.1) is 11.8 Å². The molecule has 0 N–H and O–H groups in total. The SMILES string of the molecule is CC(C)[C@@H]1N(C(=O)C[C@H](c2cccc(OCc3ccccc3)c2)C2CC2)C(=O)OC1(C)C.S.S. The molecule has 2 aromatic carbocycles. The second kappa shape index (κ2) is 11.5. The van der Waals surface area contributed by atoms with Crippen molar-refractivity contribution < 1.29 is 19.1 Å². The van der Waals surface area contributed by atoms with Gasteiger partial charge in [-0.25, -0.2) is 9.69 Å². The zero-order valence-electron chi connectivity index (χ0n) is 20.4. The van der Waals surface area contributed by atoms with E-state index in [4.69, 9.17) is 9.47 Å². The Hall–Kier alpha value is -2.12. The fourth-order valence-electron chi connectivity index (χ4n) is 5.03. The largest absolute Gasteiger partial charge is 0.489 e. The maximum atomic E-state index is 13.4. The van der Waals surface area contributed by atoms with E-state index in [1.807, 2.05) is 76.2 Å². The van der Waals surface area contributed by atoms with E-state index in [1.165, 1.54) is 4.90 Å². The molecule has 186 valence electrons. The summed E-state index contributed by atoms with van der Waals surface area (Å²) in [5.41, 5.74) is 1.53. The molecule has 2 aliphatic rings. The van der Waals surface area contributed by atoms with Gasteiger partial charge in [0, 0.05) is 6.42 Å². The smallest absolute Gasteiger partial charge is 0.417 e. The number of hydrogen-bond acceptors (Lipinski definition) is 4. The predicted octanol–water partition coefficient (Wildman–Crippen LogP) is 6.16. The Morgan fingerprint density at radius 3 is 2.38 bits per heavy atom. The van der Waals surface area contributed by atoms with Crippen molar-refractivity contribution in [3.8, 4) is 5.75 Å². The minimum atomic E-state index is -0.679. The van der Waals surface area contributed by atoms with Crippen molar-refractivity contribution in [2.24, 2.45) is 11.8 Å². The van der Waals surface area contributed by atoms with E-state index < -0.39 is 11.7 Å². The van der Waals surface area contributed by atoms with Crippen molar-refractivity contribution in [3.63, 3.8) is 0 Å². The topological polar surface area (TPSA) is 55.8 Å². The number of benzene rings is 2. The maximum absolute atomic E-state index is 13.4.